The Morgan fingerprint density at radius 2 is 1.86 bits per heavy atom. The molecule has 2 aliphatic rings. The van der Waals surface area contributed by atoms with Crippen LogP contribution < -0.4 is 20.1 Å². The first-order valence-corrected chi connectivity index (χ1v) is 13.0. The smallest absolute Gasteiger partial charge is 0.276 e. The van der Waals surface area contributed by atoms with Gasteiger partial charge in [-0.15, -0.1) is 0 Å². The van der Waals surface area contributed by atoms with Gasteiger partial charge in [0.25, 0.3) is 11.8 Å². The van der Waals surface area contributed by atoms with Gasteiger partial charge in [-0.3, -0.25) is 19.1 Å². The number of nitrogens with zero attached hydrogens (tertiary/aromatic N) is 3. The number of hydrogen-bond acceptors (Lipinski definition) is 6. The SMILES string of the molecule is CCCCN1C(=O)c2cc(C(=O)Nc3cc(Cl)c(OC)cc3OC)nn2C[C@@]1(C)C(=O)NC1CCCC1. The first kappa shape index (κ1) is 26.8. The van der Waals surface area contributed by atoms with Crippen molar-refractivity contribution in [2.75, 3.05) is 26.1 Å². The third kappa shape index (κ3) is 5.25. The quantitative estimate of drug-likeness (QED) is 0.507. The topological polar surface area (TPSA) is 115 Å². The minimum absolute atomic E-state index is 0.0493. The third-order valence-corrected chi connectivity index (χ3v) is 7.46. The van der Waals surface area contributed by atoms with Crippen LogP contribution in [0.5, 0.6) is 11.5 Å². The molecule has 37 heavy (non-hydrogen) atoms. The van der Waals surface area contributed by atoms with Crippen molar-refractivity contribution in [1.29, 1.82) is 0 Å². The van der Waals surface area contributed by atoms with Crippen molar-refractivity contribution in [3.8, 4) is 11.5 Å². The summed E-state index contributed by atoms with van der Waals surface area (Å²) < 4.78 is 12.0. The Balaban J connectivity index is 1.61. The second kappa shape index (κ2) is 11.0. The molecule has 2 aromatic rings. The maximum Gasteiger partial charge on any atom is 0.276 e. The number of benzene rings is 1. The van der Waals surface area contributed by atoms with Crippen molar-refractivity contribution in [3.05, 3.63) is 34.6 Å². The number of unbranched alkanes of at least 4 members (excludes halogenated alkanes) is 1. The largest absolute Gasteiger partial charge is 0.495 e. The number of amides is 3. The summed E-state index contributed by atoms with van der Waals surface area (Å²) in [7, 11) is 2.95. The van der Waals surface area contributed by atoms with E-state index in [9.17, 15) is 14.4 Å². The fourth-order valence-electron chi connectivity index (χ4n) is 4.97. The average molecular weight is 532 g/mol. The van der Waals surface area contributed by atoms with E-state index in [1.54, 1.807) is 17.9 Å². The minimum atomic E-state index is -1.12. The van der Waals surface area contributed by atoms with Crippen molar-refractivity contribution in [3.63, 3.8) is 0 Å². The predicted octanol–water partition coefficient (Wildman–Crippen LogP) is 3.88. The number of carbonyl (C=O) groups excluding carboxylic acids is 3. The van der Waals surface area contributed by atoms with E-state index in [-0.39, 0.29) is 35.8 Å². The molecule has 1 saturated carbocycles. The fourth-order valence-corrected chi connectivity index (χ4v) is 5.21. The molecule has 1 atom stereocenters. The van der Waals surface area contributed by atoms with E-state index in [0.29, 0.717) is 28.8 Å². The highest BCUT2D eigenvalue weighted by Gasteiger charge is 2.48. The van der Waals surface area contributed by atoms with Gasteiger partial charge in [-0.2, -0.15) is 5.10 Å². The second-order valence-corrected chi connectivity index (χ2v) is 10.2. The number of carbonyl (C=O) groups is 3. The van der Waals surface area contributed by atoms with E-state index in [4.69, 9.17) is 21.1 Å². The minimum Gasteiger partial charge on any atom is -0.495 e. The van der Waals surface area contributed by atoms with Crippen LogP contribution >= 0.6 is 11.6 Å². The van der Waals surface area contributed by atoms with Crippen molar-refractivity contribution in [1.82, 2.24) is 20.0 Å². The molecule has 1 fully saturated rings. The number of fused-ring (bicyclic) bond motifs is 1. The lowest BCUT2D eigenvalue weighted by Crippen LogP contribution is -2.65. The molecule has 0 bridgehead atoms. The Morgan fingerprint density at radius 3 is 2.51 bits per heavy atom. The summed E-state index contributed by atoms with van der Waals surface area (Å²) in [6.45, 7) is 4.41. The van der Waals surface area contributed by atoms with E-state index >= 15 is 0 Å². The summed E-state index contributed by atoms with van der Waals surface area (Å²) in [5.74, 6) is -0.279. The van der Waals surface area contributed by atoms with Crippen LogP contribution in [0.4, 0.5) is 5.69 Å². The Labute approximate surface area is 221 Å². The summed E-state index contributed by atoms with van der Waals surface area (Å²) in [5, 5.41) is 10.6. The highest BCUT2D eigenvalue weighted by molar-refractivity contribution is 6.32. The molecule has 1 aromatic carbocycles. The number of ether oxygens (including phenoxy) is 2. The molecule has 3 amide bonds. The monoisotopic (exact) mass is 531 g/mol. The summed E-state index contributed by atoms with van der Waals surface area (Å²) >= 11 is 6.23. The lowest BCUT2D eigenvalue weighted by molar-refractivity contribution is -0.133. The molecule has 1 aliphatic carbocycles. The lowest BCUT2D eigenvalue weighted by atomic mass is 9.94. The van der Waals surface area contributed by atoms with Crippen molar-refractivity contribution in [2.24, 2.45) is 0 Å². The zero-order valence-corrected chi connectivity index (χ0v) is 22.5. The van der Waals surface area contributed by atoms with Crippen LogP contribution in [0.2, 0.25) is 5.02 Å². The number of rotatable bonds is 9. The first-order valence-electron chi connectivity index (χ1n) is 12.7. The number of hydrogen-bond donors (Lipinski definition) is 2. The molecule has 1 aliphatic heterocycles. The maximum atomic E-state index is 13.6. The van der Waals surface area contributed by atoms with Gasteiger partial charge in [0, 0.05) is 24.7 Å². The van der Waals surface area contributed by atoms with Gasteiger partial charge >= 0.3 is 0 Å². The van der Waals surface area contributed by atoms with Crippen LogP contribution in [0.15, 0.2) is 18.2 Å². The van der Waals surface area contributed by atoms with E-state index in [2.05, 4.69) is 15.7 Å². The Bertz CT molecular complexity index is 1190. The highest BCUT2D eigenvalue weighted by atomic mass is 35.5. The predicted molar refractivity (Wildman–Crippen MR) is 139 cm³/mol. The second-order valence-electron chi connectivity index (χ2n) is 9.75. The molecule has 200 valence electrons. The van der Waals surface area contributed by atoms with Crippen LogP contribution in [-0.2, 0) is 11.3 Å². The Kier molecular flexibility index (Phi) is 7.96. The molecule has 0 spiro atoms. The van der Waals surface area contributed by atoms with Crippen LogP contribution in [0.3, 0.4) is 0 Å². The summed E-state index contributed by atoms with van der Waals surface area (Å²) in [4.78, 5) is 41.8. The van der Waals surface area contributed by atoms with E-state index in [1.165, 1.54) is 31.0 Å². The van der Waals surface area contributed by atoms with Crippen LogP contribution in [0, 0.1) is 0 Å². The molecule has 11 heteroatoms. The van der Waals surface area contributed by atoms with E-state index in [1.807, 2.05) is 6.92 Å². The van der Waals surface area contributed by atoms with Gasteiger partial charge in [-0.25, -0.2) is 0 Å². The van der Waals surface area contributed by atoms with Gasteiger partial charge in [0.05, 0.1) is 31.5 Å². The van der Waals surface area contributed by atoms with Crippen molar-refractivity contribution >= 4 is 35.0 Å². The third-order valence-electron chi connectivity index (χ3n) is 7.17. The van der Waals surface area contributed by atoms with Gasteiger partial charge in [-0.1, -0.05) is 37.8 Å². The zero-order chi connectivity index (χ0) is 26.7. The van der Waals surface area contributed by atoms with Gasteiger partial charge in [0.1, 0.15) is 22.7 Å². The average Bonchev–Trinajstić information content (AvgIpc) is 3.54. The van der Waals surface area contributed by atoms with E-state index < -0.39 is 11.4 Å². The Morgan fingerprint density at radius 1 is 1.16 bits per heavy atom. The molecule has 2 heterocycles. The molecule has 1 aromatic heterocycles. The van der Waals surface area contributed by atoms with Crippen molar-refractivity contribution < 1.29 is 23.9 Å². The van der Waals surface area contributed by atoms with Crippen molar-refractivity contribution in [2.45, 2.75) is 70.5 Å². The molecule has 2 N–H and O–H groups in total. The summed E-state index contributed by atoms with van der Waals surface area (Å²) in [5.41, 5.74) is -0.463. The summed E-state index contributed by atoms with van der Waals surface area (Å²) in [6, 6.07) is 4.68. The molecule has 0 saturated heterocycles. The molecular formula is C26H34ClN5O5. The standard InChI is InChI=1S/C26H34ClN5O5/c1-5-6-11-31-24(34)20-13-19(23(33)29-18-12-17(27)21(36-3)14-22(18)37-4)30-32(20)15-26(31,2)25(35)28-16-9-7-8-10-16/h12-14,16H,5-11,15H2,1-4H3,(H,28,35)(H,29,33)/t26-/m0/s1. The highest BCUT2D eigenvalue weighted by Crippen LogP contribution is 2.36. The fraction of sp³-hybridized carbons (Fsp3) is 0.538. The molecule has 0 radical (unpaired) electrons. The lowest BCUT2D eigenvalue weighted by Gasteiger charge is -2.43. The maximum absolute atomic E-state index is 13.6. The number of methoxy groups -OCH3 is 2. The van der Waals surface area contributed by atoms with Crippen LogP contribution in [0.1, 0.15) is 73.3 Å². The molecule has 4 rings (SSSR count). The number of aromatic nitrogens is 2. The van der Waals surface area contributed by atoms with Gasteiger partial charge in [0.2, 0.25) is 5.91 Å². The van der Waals surface area contributed by atoms with E-state index in [0.717, 1.165) is 38.5 Å². The van der Waals surface area contributed by atoms with Crippen LogP contribution in [-0.4, -0.2) is 64.7 Å². The zero-order valence-electron chi connectivity index (χ0n) is 21.7. The summed E-state index contributed by atoms with van der Waals surface area (Å²) in [6.07, 6.45) is 5.71. The molecular weight excluding hydrogens is 498 g/mol. The molecule has 10 nitrogen and oxygen atoms in total. The van der Waals surface area contributed by atoms with Gasteiger partial charge < -0.3 is 25.0 Å². The normalized spacial score (nSPS) is 19.5. The van der Waals surface area contributed by atoms with Crippen LogP contribution in [0.25, 0.3) is 0 Å². The molecule has 0 unspecified atom stereocenters. The Hall–Kier alpha value is -3.27. The number of halogens is 1. The van der Waals surface area contributed by atoms with Gasteiger partial charge in [-0.05, 0) is 32.3 Å². The first-order chi connectivity index (χ1) is 17.7. The number of anilines is 1. The number of nitrogens with one attached hydrogen (secondary N) is 2. The van der Waals surface area contributed by atoms with Gasteiger partial charge in [0.15, 0.2) is 5.69 Å².